The van der Waals surface area contributed by atoms with Gasteiger partial charge in [0.15, 0.2) is 0 Å². The van der Waals surface area contributed by atoms with Crippen LogP contribution in [0.4, 0.5) is 10.1 Å². The molecule has 0 bridgehead atoms. The van der Waals surface area contributed by atoms with Crippen molar-refractivity contribution in [1.29, 1.82) is 0 Å². The second-order valence-electron chi connectivity index (χ2n) is 9.98. The van der Waals surface area contributed by atoms with Gasteiger partial charge in [-0.2, -0.15) is 0 Å². The Bertz CT molecular complexity index is 1570. The van der Waals surface area contributed by atoms with Crippen LogP contribution in [0.15, 0.2) is 47.4 Å². The lowest BCUT2D eigenvalue weighted by molar-refractivity contribution is 0.0645. The number of carbonyl (C=O) groups is 2. The van der Waals surface area contributed by atoms with Gasteiger partial charge in [-0.3, -0.25) is 19.3 Å². The van der Waals surface area contributed by atoms with Gasteiger partial charge >= 0.3 is 0 Å². The van der Waals surface area contributed by atoms with Gasteiger partial charge in [0.2, 0.25) is 0 Å². The normalized spacial score (nSPS) is 14.0. The van der Waals surface area contributed by atoms with E-state index in [1.807, 2.05) is 32.8 Å². The fourth-order valence-electron chi connectivity index (χ4n) is 4.76. The summed E-state index contributed by atoms with van der Waals surface area (Å²) in [7, 11) is 3.76. The summed E-state index contributed by atoms with van der Waals surface area (Å²) in [6, 6.07) is 9.55. The molecule has 2 aromatic carbocycles. The summed E-state index contributed by atoms with van der Waals surface area (Å²) >= 11 is 0. The Hall–Kier alpha value is -4.31. The Morgan fingerprint density at radius 3 is 2.55 bits per heavy atom. The summed E-state index contributed by atoms with van der Waals surface area (Å²) in [6.45, 7) is 4.75. The Morgan fingerprint density at radius 1 is 1.08 bits per heavy atom. The number of aromatic nitrogens is 3. The number of pyridine rings is 1. The van der Waals surface area contributed by atoms with Crippen molar-refractivity contribution in [2.75, 3.05) is 32.5 Å². The number of aryl methyl sites for hydroxylation is 1. The van der Waals surface area contributed by atoms with Crippen molar-refractivity contribution in [3.8, 4) is 11.4 Å². The molecule has 9 nitrogen and oxygen atoms in total. The largest absolute Gasteiger partial charge is 0.381 e. The number of imidazole rings is 1. The summed E-state index contributed by atoms with van der Waals surface area (Å²) < 4.78 is 13.8. The van der Waals surface area contributed by atoms with Crippen molar-refractivity contribution in [2.45, 2.75) is 26.3 Å². The van der Waals surface area contributed by atoms with Gasteiger partial charge in [0.1, 0.15) is 17.2 Å². The molecule has 0 fully saturated rings. The summed E-state index contributed by atoms with van der Waals surface area (Å²) in [5.41, 5.74) is 4.02. The van der Waals surface area contributed by atoms with Crippen molar-refractivity contribution < 1.29 is 14.0 Å². The number of imide groups is 1. The molecule has 1 aliphatic heterocycles. The third-order valence-electron chi connectivity index (χ3n) is 6.78. The number of halogens is 1. The fourth-order valence-corrected chi connectivity index (χ4v) is 4.76. The monoisotopic (exact) mass is 516 g/mol. The molecular weight excluding hydrogens is 487 g/mol. The number of anilines is 1. The van der Waals surface area contributed by atoms with E-state index in [2.05, 4.69) is 20.3 Å². The van der Waals surface area contributed by atoms with E-state index in [1.54, 1.807) is 30.5 Å². The molecule has 0 saturated carbocycles. The van der Waals surface area contributed by atoms with Crippen LogP contribution in [-0.4, -0.2) is 69.8 Å². The summed E-state index contributed by atoms with van der Waals surface area (Å²) in [4.78, 5) is 52.4. The van der Waals surface area contributed by atoms with Crippen LogP contribution in [-0.2, 0) is 6.42 Å². The highest BCUT2D eigenvalue weighted by molar-refractivity contribution is 6.22. The molecule has 0 saturated heterocycles. The molecule has 10 heteroatoms. The Balaban J connectivity index is 1.45. The maximum atomic E-state index is 13.8. The maximum Gasteiger partial charge on any atom is 0.261 e. The van der Waals surface area contributed by atoms with Crippen LogP contribution in [0.2, 0.25) is 0 Å². The van der Waals surface area contributed by atoms with E-state index in [0.29, 0.717) is 58.7 Å². The van der Waals surface area contributed by atoms with Gasteiger partial charge in [0.05, 0.1) is 27.8 Å². The number of H-pyrrole nitrogens is 2. The lowest BCUT2D eigenvalue weighted by Crippen LogP contribution is -2.35. The number of hydrogen-bond acceptors (Lipinski definition) is 6. The minimum absolute atomic E-state index is 0.118. The van der Waals surface area contributed by atoms with Crippen molar-refractivity contribution in [2.24, 2.45) is 0 Å². The lowest BCUT2D eigenvalue weighted by Gasteiger charge is -2.18. The Morgan fingerprint density at radius 2 is 1.82 bits per heavy atom. The average molecular weight is 517 g/mol. The number of nitrogens with zero attached hydrogens (tertiary/aromatic N) is 3. The van der Waals surface area contributed by atoms with Crippen LogP contribution in [0.1, 0.15) is 38.8 Å². The highest BCUT2D eigenvalue weighted by atomic mass is 19.1. The Labute approximate surface area is 218 Å². The third-order valence-corrected chi connectivity index (χ3v) is 6.78. The number of rotatable bonds is 8. The molecule has 0 radical (unpaired) electrons. The zero-order valence-electron chi connectivity index (χ0n) is 21.7. The first-order chi connectivity index (χ1) is 18.1. The van der Waals surface area contributed by atoms with Crippen LogP contribution in [0.3, 0.4) is 0 Å². The minimum atomic E-state index is -0.349. The smallest absolute Gasteiger partial charge is 0.261 e. The summed E-state index contributed by atoms with van der Waals surface area (Å²) in [5, 5.41) is 3.36. The van der Waals surface area contributed by atoms with Gasteiger partial charge in [0.25, 0.3) is 17.4 Å². The van der Waals surface area contributed by atoms with Crippen molar-refractivity contribution in [3.05, 3.63) is 81.0 Å². The zero-order valence-corrected chi connectivity index (χ0v) is 21.7. The molecule has 3 N–H and O–H groups in total. The van der Waals surface area contributed by atoms with Crippen LogP contribution < -0.4 is 10.9 Å². The van der Waals surface area contributed by atoms with Crippen molar-refractivity contribution >= 4 is 28.5 Å². The van der Waals surface area contributed by atoms with Gasteiger partial charge in [-0.1, -0.05) is 6.07 Å². The van der Waals surface area contributed by atoms with Gasteiger partial charge in [-0.15, -0.1) is 0 Å². The van der Waals surface area contributed by atoms with Gasteiger partial charge < -0.3 is 20.2 Å². The molecule has 0 aliphatic carbocycles. The summed E-state index contributed by atoms with van der Waals surface area (Å²) in [6.07, 6.45) is 2.10. The van der Waals surface area contributed by atoms with Gasteiger partial charge in [-0.25, -0.2) is 9.37 Å². The molecule has 0 spiro atoms. The molecule has 5 rings (SSSR count). The summed E-state index contributed by atoms with van der Waals surface area (Å²) in [5.74, 6) is -0.668. The van der Waals surface area contributed by atoms with Gasteiger partial charge in [0, 0.05) is 25.3 Å². The van der Waals surface area contributed by atoms with Crippen LogP contribution in [0.5, 0.6) is 0 Å². The van der Waals surface area contributed by atoms with Crippen LogP contribution >= 0.6 is 0 Å². The molecule has 2 aromatic heterocycles. The number of fused-ring (bicyclic) bond motifs is 2. The fraction of sp³-hybridized carbons (Fsp3) is 0.286. The average Bonchev–Trinajstić information content (AvgIpc) is 3.36. The van der Waals surface area contributed by atoms with E-state index in [4.69, 9.17) is 0 Å². The molecule has 1 atom stereocenters. The highest BCUT2D eigenvalue weighted by Crippen LogP contribution is 2.30. The molecule has 4 aromatic rings. The van der Waals surface area contributed by atoms with Crippen molar-refractivity contribution in [1.82, 2.24) is 24.8 Å². The number of carbonyl (C=O) groups excluding carboxylic acids is 2. The van der Waals surface area contributed by atoms with E-state index < -0.39 is 0 Å². The second kappa shape index (κ2) is 9.86. The molecule has 2 amide bonds. The third kappa shape index (κ3) is 4.70. The first-order valence-corrected chi connectivity index (χ1v) is 12.4. The van der Waals surface area contributed by atoms with E-state index >= 15 is 0 Å². The number of aromatic amines is 2. The molecular formula is C28H29FN6O3. The quantitative estimate of drug-likeness (QED) is 0.309. The maximum absolute atomic E-state index is 13.8. The molecule has 0 unspecified atom stereocenters. The zero-order chi connectivity index (χ0) is 27.1. The molecule has 196 valence electrons. The lowest BCUT2D eigenvalue weighted by atomic mass is 10.0. The molecule has 3 heterocycles. The number of hydrogen-bond donors (Lipinski definition) is 3. The predicted octanol–water partition coefficient (Wildman–Crippen LogP) is 3.57. The van der Waals surface area contributed by atoms with E-state index in [9.17, 15) is 18.8 Å². The number of benzene rings is 2. The van der Waals surface area contributed by atoms with Crippen molar-refractivity contribution in [3.63, 3.8) is 0 Å². The highest BCUT2D eigenvalue weighted by Gasteiger charge is 2.36. The van der Waals surface area contributed by atoms with E-state index in [-0.39, 0.29) is 29.2 Å². The topological polar surface area (TPSA) is 114 Å². The standard InChI is InChI=1S/C28H29FN6O3/c1-15-5-6-18(29)12-17(15)11-16(2)31-21-7-8-30-26(36)24(21)25-32-22-13-19-20(14-23(22)33-25)28(38)35(27(19)37)10-9-34(3)4/h5-8,12-14,16H,9-11H2,1-4H3,(H,32,33)(H2,30,31,36)/t16-/m0/s1. The predicted molar refractivity (Wildman–Crippen MR) is 144 cm³/mol. The second-order valence-corrected chi connectivity index (χ2v) is 9.98. The SMILES string of the molecule is Cc1ccc(F)cc1C[C@H](C)Nc1cc[nH]c(=O)c1-c1nc2cc3c(cc2[nH]1)C(=O)N(CCN(C)C)C3=O. The number of amides is 2. The minimum Gasteiger partial charge on any atom is -0.381 e. The Kier molecular flexibility index (Phi) is 6.58. The van der Waals surface area contributed by atoms with E-state index in [1.165, 1.54) is 17.0 Å². The molecule has 38 heavy (non-hydrogen) atoms. The number of likely N-dealkylation sites (N-methyl/N-ethyl adjacent to an activating group) is 1. The first-order valence-electron chi connectivity index (χ1n) is 12.4. The van der Waals surface area contributed by atoms with Crippen LogP contribution in [0, 0.1) is 12.7 Å². The van der Waals surface area contributed by atoms with Gasteiger partial charge in [-0.05, 0) is 75.8 Å². The first kappa shape index (κ1) is 25.3. The number of nitrogens with one attached hydrogen (secondary N) is 3. The molecule has 1 aliphatic rings. The van der Waals surface area contributed by atoms with E-state index in [0.717, 1.165) is 11.1 Å². The van der Waals surface area contributed by atoms with Crippen LogP contribution in [0.25, 0.3) is 22.4 Å².